The molecule has 0 aliphatic rings. The van der Waals surface area contributed by atoms with E-state index in [-0.39, 0.29) is 0 Å². The molecule has 1 aromatic rings. The minimum Gasteiger partial charge on any atom is -0.316 e. The minimum atomic E-state index is 0.411. The van der Waals surface area contributed by atoms with E-state index in [9.17, 15) is 0 Å². The molecular formula is C11H22N4. The van der Waals surface area contributed by atoms with E-state index in [4.69, 9.17) is 0 Å². The lowest BCUT2D eigenvalue weighted by atomic mass is 10.1. The van der Waals surface area contributed by atoms with Crippen molar-refractivity contribution < 1.29 is 0 Å². The van der Waals surface area contributed by atoms with Gasteiger partial charge in [0.2, 0.25) is 0 Å². The molecule has 0 aliphatic carbocycles. The van der Waals surface area contributed by atoms with E-state index in [1.807, 2.05) is 6.92 Å². The number of hydrogen-bond donors (Lipinski definition) is 1. The highest BCUT2D eigenvalue weighted by Gasteiger charge is 2.16. The highest BCUT2D eigenvalue weighted by Crippen LogP contribution is 2.18. The van der Waals surface area contributed by atoms with Gasteiger partial charge in [-0.3, -0.25) is 0 Å². The summed E-state index contributed by atoms with van der Waals surface area (Å²) in [5.41, 5.74) is 0. The van der Waals surface area contributed by atoms with Gasteiger partial charge in [0.25, 0.3) is 0 Å². The number of aryl methyl sites for hydroxylation is 1. The lowest BCUT2D eigenvalue weighted by Gasteiger charge is -2.17. The Labute approximate surface area is 92.1 Å². The van der Waals surface area contributed by atoms with E-state index in [1.165, 1.54) is 0 Å². The smallest absolute Gasteiger partial charge is 0.137 e. The van der Waals surface area contributed by atoms with Crippen molar-refractivity contribution >= 4 is 0 Å². The van der Waals surface area contributed by atoms with Crippen molar-refractivity contribution in [2.45, 2.75) is 46.6 Å². The maximum Gasteiger partial charge on any atom is 0.137 e. The first-order valence-corrected chi connectivity index (χ1v) is 5.70. The summed E-state index contributed by atoms with van der Waals surface area (Å²) in [5, 5.41) is 11.8. The number of rotatable bonds is 5. The molecule has 0 saturated heterocycles. The predicted octanol–water partition coefficient (Wildman–Crippen LogP) is 1.88. The van der Waals surface area contributed by atoms with Crippen LogP contribution in [0.5, 0.6) is 0 Å². The number of aromatic nitrogens is 3. The van der Waals surface area contributed by atoms with Gasteiger partial charge in [-0.1, -0.05) is 13.8 Å². The first-order valence-electron chi connectivity index (χ1n) is 5.70. The molecule has 0 aliphatic heterocycles. The maximum absolute atomic E-state index is 4.26. The Morgan fingerprint density at radius 1 is 1.27 bits per heavy atom. The lowest BCUT2D eigenvalue weighted by Crippen LogP contribution is -2.22. The average Bonchev–Trinajstić information content (AvgIpc) is 2.56. The van der Waals surface area contributed by atoms with Crippen LogP contribution in [-0.4, -0.2) is 27.9 Å². The van der Waals surface area contributed by atoms with E-state index in [0.29, 0.717) is 12.0 Å². The van der Waals surface area contributed by atoms with Gasteiger partial charge in [0.05, 0.1) is 0 Å². The van der Waals surface area contributed by atoms with E-state index in [1.54, 1.807) is 0 Å². The van der Waals surface area contributed by atoms with Gasteiger partial charge in [0.15, 0.2) is 0 Å². The molecular weight excluding hydrogens is 188 g/mol. The maximum atomic E-state index is 4.26. The second-order valence-electron chi connectivity index (χ2n) is 4.28. The predicted molar refractivity (Wildman–Crippen MR) is 62.1 cm³/mol. The highest BCUT2D eigenvalue weighted by atomic mass is 15.3. The molecule has 86 valence electrons. The quantitative estimate of drug-likeness (QED) is 0.807. The number of nitrogens with zero attached hydrogens (tertiary/aromatic N) is 3. The van der Waals surface area contributed by atoms with Gasteiger partial charge in [-0.15, -0.1) is 10.2 Å². The lowest BCUT2D eigenvalue weighted by molar-refractivity contribution is 0.512. The third-order valence-corrected chi connectivity index (χ3v) is 2.55. The molecule has 0 spiro atoms. The first kappa shape index (κ1) is 12.2. The molecule has 0 bridgehead atoms. The normalized spacial score (nSPS) is 13.5. The van der Waals surface area contributed by atoms with E-state index in [2.05, 4.69) is 47.8 Å². The summed E-state index contributed by atoms with van der Waals surface area (Å²) in [4.78, 5) is 0. The summed E-state index contributed by atoms with van der Waals surface area (Å²) in [7, 11) is 0. The van der Waals surface area contributed by atoms with Crippen LogP contribution >= 0.6 is 0 Å². The molecule has 0 radical (unpaired) electrons. The van der Waals surface area contributed by atoms with Crippen LogP contribution in [-0.2, 0) is 0 Å². The fraction of sp³-hybridized carbons (Fsp3) is 0.818. The fourth-order valence-electron chi connectivity index (χ4n) is 1.81. The van der Waals surface area contributed by atoms with Crippen molar-refractivity contribution in [3.05, 3.63) is 11.6 Å². The van der Waals surface area contributed by atoms with Gasteiger partial charge in [-0.2, -0.15) is 0 Å². The van der Waals surface area contributed by atoms with Gasteiger partial charge in [0, 0.05) is 18.5 Å². The molecule has 0 aromatic carbocycles. The Balaban J connectivity index is 2.83. The van der Waals surface area contributed by atoms with Crippen LogP contribution < -0.4 is 5.32 Å². The van der Waals surface area contributed by atoms with Gasteiger partial charge < -0.3 is 9.88 Å². The molecule has 1 aromatic heterocycles. The summed E-state index contributed by atoms with van der Waals surface area (Å²) in [6.07, 6.45) is 0. The third kappa shape index (κ3) is 2.78. The second kappa shape index (κ2) is 5.26. The molecule has 1 heterocycles. The summed E-state index contributed by atoms with van der Waals surface area (Å²) in [6.45, 7) is 12.6. The molecule has 1 unspecified atom stereocenters. The molecule has 1 atom stereocenters. The number of hydrogen-bond acceptors (Lipinski definition) is 3. The summed E-state index contributed by atoms with van der Waals surface area (Å²) in [6, 6.07) is 0.430. The SMILES string of the molecule is CCNCC(C)c1nnc(C)n1C(C)C. The Bertz CT molecular complexity index is 304. The second-order valence-corrected chi connectivity index (χ2v) is 4.28. The van der Waals surface area contributed by atoms with E-state index < -0.39 is 0 Å². The fourth-order valence-corrected chi connectivity index (χ4v) is 1.81. The molecule has 0 amide bonds. The van der Waals surface area contributed by atoms with Crippen molar-refractivity contribution in [2.75, 3.05) is 13.1 Å². The molecule has 4 heteroatoms. The first-order chi connectivity index (χ1) is 7.07. The van der Waals surface area contributed by atoms with Crippen LogP contribution in [0.3, 0.4) is 0 Å². The zero-order valence-corrected chi connectivity index (χ0v) is 10.4. The Morgan fingerprint density at radius 2 is 1.93 bits per heavy atom. The monoisotopic (exact) mass is 210 g/mol. The molecule has 15 heavy (non-hydrogen) atoms. The van der Waals surface area contributed by atoms with E-state index >= 15 is 0 Å². The van der Waals surface area contributed by atoms with Crippen molar-refractivity contribution in [1.82, 2.24) is 20.1 Å². The van der Waals surface area contributed by atoms with Crippen LogP contribution in [0, 0.1) is 6.92 Å². The van der Waals surface area contributed by atoms with Crippen molar-refractivity contribution in [3.63, 3.8) is 0 Å². The zero-order chi connectivity index (χ0) is 11.4. The van der Waals surface area contributed by atoms with Gasteiger partial charge in [0.1, 0.15) is 11.6 Å². The van der Waals surface area contributed by atoms with Crippen molar-refractivity contribution in [3.8, 4) is 0 Å². The van der Waals surface area contributed by atoms with Crippen LogP contribution in [0.1, 0.15) is 51.3 Å². The Morgan fingerprint density at radius 3 is 2.47 bits per heavy atom. The molecule has 0 saturated carbocycles. The topological polar surface area (TPSA) is 42.7 Å². The van der Waals surface area contributed by atoms with Crippen LogP contribution in [0.15, 0.2) is 0 Å². The summed E-state index contributed by atoms with van der Waals surface area (Å²) in [5.74, 6) is 2.50. The largest absolute Gasteiger partial charge is 0.316 e. The van der Waals surface area contributed by atoms with Crippen molar-refractivity contribution in [2.24, 2.45) is 0 Å². The van der Waals surface area contributed by atoms with E-state index in [0.717, 1.165) is 24.7 Å². The minimum absolute atomic E-state index is 0.411. The number of likely N-dealkylation sites (N-methyl/N-ethyl adjacent to an activating group) is 1. The molecule has 0 fully saturated rings. The number of nitrogens with one attached hydrogen (secondary N) is 1. The Hall–Kier alpha value is -0.900. The van der Waals surface area contributed by atoms with Crippen LogP contribution in [0.2, 0.25) is 0 Å². The third-order valence-electron chi connectivity index (χ3n) is 2.55. The highest BCUT2D eigenvalue weighted by molar-refractivity contribution is 5.02. The van der Waals surface area contributed by atoms with Gasteiger partial charge in [-0.05, 0) is 27.3 Å². The van der Waals surface area contributed by atoms with Crippen molar-refractivity contribution in [1.29, 1.82) is 0 Å². The molecule has 1 rings (SSSR count). The van der Waals surface area contributed by atoms with Gasteiger partial charge in [-0.25, -0.2) is 0 Å². The zero-order valence-electron chi connectivity index (χ0n) is 10.4. The summed E-state index contributed by atoms with van der Waals surface area (Å²) < 4.78 is 2.21. The average molecular weight is 210 g/mol. The van der Waals surface area contributed by atoms with Crippen LogP contribution in [0.4, 0.5) is 0 Å². The van der Waals surface area contributed by atoms with Crippen LogP contribution in [0.25, 0.3) is 0 Å². The standard InChI is InChI=1S/C11H22N4/c1-6-12-7-9(4)11-14-13-10(5)15(11)8(2)3/h8-9,12H,6-7H2,1-5H3. The summed E-state index contributed by atoms with van der Waals surface area (Å²) >= 11 is 0. The molecule has 4 nitrogen and oxygen atoms in total. The Kier molecular flexibility index (Phi) is 4.27. The van der Waals surface area contributed by atoms with Gasteiger partial charge >= 0.3 is 0 Å². The molecule has 1 N–H and O–H groups in total.